The van der Waals surface area contributed by atoms with Gasteiger partial charge in [-0.2, -0.15) is 0 Å². The van der Waals surface area contributed by atoms with Crippen molar-refractivity contribution in [3.63, 3.8) is 0 Å². The van der Waals surface area contributed by atoms with Crippen molar-refractivity contribution in [1.82, 2.24) is 0 Å². The third-order valence-corrected chi connectivity index (χ3v) is 4.40. The molecule has 2 rings (SSSR count). The first-order valence-electron chi connectivity index (χ1n) is 7.53. The van der Waals surface area contributed by atoms with Gasteiger partial charge >= 0.3 is 0 Å². The molecule has 114 valence electrons. The van der Waals surface area contributed by atoms with Crippen LogP contribution in [0, 0.1) is 12.8 Å². The van der Waals surface area contributed by atoms with Crippen molar-refractivity contribution < 1.29 is 9.47 Å². The Morgan fingerprint density at radius 2 is 1.71 bits per heavy atom. The number of aryl methyl sites for hydroxylation is 1. The number of methoxy groups -OCH3 is 2. The van der Waals surface area contributed by atoms with Crippen molar-refractivity contribution in [2.45, 2.75) is 39.5 Å². The Balaban J connectivity index is 2.61. The van der Waals surface area contributed by atoms with Crippen molar-refractivity contribution in [2.75, 3.05) is 14.2 Å². The van der Waals surface area contributed by atoms with Crippen LogP contribution in [0.1, 0.15) is 43.7 Å². The van der Waals surface area contributed by atoms with E-state index in [-0.39, 0.29) is 5.92 Å². The van der Waals surface area contributed by atoms with E-state index in [0.29, 0.717) is 5.92 Å². The van der Waals surface area contributed by atoms with E-state index >= 15 is 0 Å². The molecule has 0 heterocycles. The summed E-state index contributed by atoms with van der Waals surface area (Å²) in [6.07, 6.45) is 4.64. The van der Waals surface area contributed by atoms with Crippen LogP contribution in [0.25, 0.3) is 0 Å². The maximum Gasteiger partial charge on any atom is 0.126 e. The minimum atomic E-state index is 0.279. The zero-order valence-corrected chi connectivity index (χ0v) is 13.8. The molecule has 21 heavy (non-hydrogen) atoms. The van der Waals surface area contributed by atoms with Gasteiger partial charge in [-0.15, -0.1) is 0 Å². The molecular formula is C19H26O2. The number of hydrogen-bond donors (Lipinski definition) is 0. The van der Waals surface area contributed by atoms with E-state index in [9.17, 15) is 0 Å². The maximum atomic E-state index is 5.65. The molecule has 1 aliphatic carbocycles. The third kappa shape index (κ3) is 3.15. The molecular weight excluding hydrogens is 260 g/mol. The molecule has 0 saturated heterocycles. The van der Waals surface area contributed by atoms with E-state index in [1.165, 1.54) is 11.1 Å². The Morgan fingerprint density at radius 3 is 2.19 bits per heavy atom. The van der Waals surface area contributed by atoms with Crippen LogP contribution >= 0.6 is 0 Å². The van der Waals surface area contributed by atoms with Crippen LogP contribution in [0.4, 0.5) is 0 Å². The fraction of sp³-hybridized carbons (Fsp3) is 0.474. The molecule has 0 bridgehead atoms. The number of benzene rings is 1. The summed E-state index contributed by atoms with van der Waals surface area (Å²) < 4.78 is 11.3. The van der Waals surface area contributed by atoms with E-state index in [1.807, 2.05) is 0 Å². The Labute approximate surface area is 128 Å². The van der Waals surface area contributed by atoms with Gasteiger partial charge in [-0.05, 0) is 57.2 Å². The van der Waals surface area contributed by atoms with Gasteiger partial charge < -0.3 is 9.47 Å². The van der Waals surface area contributed by atoms with E-state index in [0.717, 1.165) is 35.5 Å². The van der Waals surface area contributed by atoms with Crippen LogP contribution < -0.4 is 9.47 Å². The number of hydrogen-bond acceptors (Lipinski definition) is 2. The predicted octanol–water partition coefficient (Wildman–Crippen LogP) is 5.03. The molecule has 2 nitrogen and oxygen atoms in total. The molecule has 0 spiro atoms. The average Bonchev–Trinajstić information content (AvgIpc) is 2.45. The lowest BCUT2D eigenvalue weighted by molar-refractivity contribution is 0.368. The minimum absolute atomic E-state index is 0.279. The van der Waals surface area contributed by atoms with Gasteiger partial charge in [0.25, 0.3) is 0 Å². The zero-order valence-electron chi connectivity index (χ0n) is 13.8. The summed E-state index contributed by atoms with van der Waals surface area (Å²) in [5.41, 5.74) is 4.96. The molecule has 1 aromatic carbocycles. The normalized spacial score (nSPS) is 21.7. The van der Waals surface area contributed by atoms with Crippen molar-refractivity contribution >= 4 is 0 Å². The Kier molecular flexibility index (Phi) is 4.76. The van der Waals surface area contributed by atoms with Gasteiger partial charge in [0.05, 0.1) is 14.2 Å². The maximum absolute atomic E-state index is 5.65. The molecule has 0 aromatic heterocycles. The van der Waals surface area contributed by atoms with Gasteiger partial charge in [-0.25, -0.2) is 0 Å². The summed E-state index contributed by atoms with van der Waals surface area (Å²) in [7, 11) is 3.46. The lowest BCUT2D eigenvalue weighted by atomic mass is 9.73. The fourth-order valence-corrected chi connectivity index (χ4v) is 3.30. The summed E-state index contributed by atoms with van der Waals surface area (Å²) in [5.74, 6) is 2.55. The SMILES string of the molecule is C=C(C)[C@@H]1CCC(C)=C[C@@H]1c1c(OC)cc(C)cc1OC. The molecule has 1 aliphatic rings. The Bertz CT molecular complexity index is 544. The number of rotatable bonds is 4. The highest BCUT2D eigenvalue weighted by Crippen LogP contribution is 2.46. The lowest BCUT2D eigenvalue weighted by Gasteiger charge is -2.32. The molecule has 0 N–H and O–H groups in total. The fourth-order valence-electron chi connectivity index (χ4n) is 3.30. The average molecular weight is 286 g/mol. The predicted molar refractivity (Wildman–Crippen MR) is 88.3 cm³/mol. The third-order valence-electron chi connectivity index (χ3n) is 4.40. The molecule has 0 fully saturated rings. The topological polar surface area (TPSA) is 18.5 Å². The lowest BCUT2D eigenvalue weighted by Crippen LogP contribution is -2.18. The van der Waals surface area contributed by atoms with Gasteiger partial charge in [0.2, 0.25) is 0 Å². The molecule has 0 saturated carbocycles. The smallest absolute Gasteiger partial charge is 0.126 e. The molecule has 2 heteroatoms. The molecule has 0 aliphatic heterocycles. The largest absolute Gasteiger partial charge is 0.496 e. The quantitative estimate of drug-likeness (QED) is 0.723. The highest BCUT2D eigenvalue weighted by molar-refractivity contribution is 5.52. The molecule has 0 radical (unpaired) electrons. The summed E-state index contributed by atoms with van der Waals surface area (Å²) in [5, 5.41) is 0. The van der Waals surface area contributed by atoms with E-state index in [1.54, 1.807) is 14.2 Å². The second kappa shape index (κ2) is 6.38. The van der Waals surface area contributed by atoms with Crippen LogP contribution in [0.15, 0.2) is 35.9 Å². The van der Waals surface area contributed by atoms with E-state index in [4.69, 9.17) is 9.47 Å². The van der Waals surface area contributed by atoms with Gasteiger partial charge in [0, 0.05) is 11.5 Å². The van der Waals surface area contributed by atoms with Crippen LogP contribution in [0.2, 0.25) is 0 Å². The second-order valence-electron chi connectivity index (χ2n) is 6.11. The van der Waals surface area contributed by atoms with Crippen LogP contribution in [0.5, 0.6) is 11.5 Å². The molecule has 0 unspecified atom stereocenters. The van der Waals surface area contributed by atoms with E-state index in [2.05, 4.69) is 45.6 Å². The Morgan fingerprint density at radius 1 is 1.14 bits per heavy atom. The van der Waals surface area contributed by atoms with Gasteiger partial charge in [0.15, 0.2) is 0 Å². The van der Waals surface area contributed by atoms with Crippen LogP contribution in [-0.2, 0) is 0 Å². The first-order chi connectivity index (χ1) is 9.97. The van der Waals surface area contributed by atoms with Crippen molar-refractivity contribution in [1.29, 1.82) is 0 Å². The summed E-state index contributed by atoms with van der Waals surface area (Å²) in [6, 6.07) is 4.18. The summed E-state index contributed by atoms with van der Waals surface area (Å²) >= 11 is 0. The van der Waals surface area contributed by atoms with Crippen molar-refractivity contribution in [3.05, 3.63) is 47.1 Å². The van der Waals surface area contributed by atoms with Crippen LogP contribution in [-0.4, -0.2) is 14.2 Å². The standard InChI is InChI=1S/C19H26O2/c1-12(2)15-8-7-13(3)9-16(15)19-17(20-5)10-14(4)11-18(19)21-6/h9-11,15-16H,1,7-8H2,2-6H3/t15-,16-/m0/s1. The number of allylic oxidation sites excluding steroid dienone is 3. The zero-order chi connectivity index (χ0) is 15.6. The first-order valence-corrected chi connectivity index (χ1v) is 7.53. The molecule has 1 aromatic rings. The first kappa shape index (κ1) is 15.7. The highest BCUT2D eigenvalue weighted by Gasteiger charge is 2.30. The number of ether oxygens (including phenoxy) is 2. The Hall–Kier alpha value is -1.70. The van der Waals surface area contributed by atoms with Crippen LogP contribution in [0.3, 0.4) is 0 Å². The second-order valence-corrected chi connectivity index (χ2v) is 6.11. The van der Waals surface area contributed by atoms with Gasteiger partial charge in [-0.1, -0.05) is 23.8 Å². The summed E-state index contributed by atoms with van der Waals surface area (Å²) in [6.45, 7) is 10.6. The van der Waals surface area contributed by atoms with Gasteiger partial charge in [0.1, 0.15) is 11.5 Å². The van der Waals surface area contributed by atoms with Gasteiger partial charge in [-0.3, -0.25) is 0 Å². The highest BCUT2D eigenvalue weighted by atomic mass is 16.5. The monoisotopic (exact) mass is 286 g/mol. The summed E-state index contributed by atoms with van der Waals surface area (Å²) in [4.78, 5) is 0. The molecule has 2 atom stereocenters. The van der Waals surface area contributed by atoms with E-state index < -0.39 is 0 Å². The minimum Gasteiger partial charge on any atom is -0.496 e. The molecule has 0 amide bonds. The van der Waals surface area contributed by atoms with Crippen molar-refractivity contribution in [3.8, 4) is 11.5 Å². The van der Waals surface area contributed by atoms with Crippen molar-refractivity contribution in [2.24, 2.45) is 5.92 Å².